The maximum atomic E-state index is 13.6. The lowest BCUT2D eigenvalue weighted by molar-refractivity contribution is -0.124. The van der Waals surface area contributed by atoms with E-state index >= 15 is 0 Å². The smallest absolute Gasteiger partial charge is 0.255 e. The molecule has 198 valence electrons. The van der Waals surface area contributed by atoms with Crippen LogP contribution in [0.25, 0.3) is 11.3 Å². The summed E-state index contributed by atoms with van der Waals surface area (Å²) in [4.78, 5) is 29.6. The summed E-state index contributed by atoms with van der Waals surface area (Å²) in [5.74, 6) is -0.634. The average Bonchev–Trinajstić information content (AvgIpc) is 2.91. The zero-order valence-electron chi connectivity index (χ0n) is 21.5. The predicted molar refractivity (Wildman–Crippen MR) is 144 cm³/mol. The monoisotopic (exact) mass is 517 g/mol. The summed E-state index contributed by atoms with van der Waals surface area (Å²) in [6, 6.07) is 18.5. The third-order valence-electron chi connectivity index (χ3n) is 5.83. The van der Waals surface area contributed by atoms with Gasteiger partial charge in [-0.3, -0.25) is 9.59 Å². The van der Waals surface area contributed by atoms with Crippen molar-refractivity contribution in [1.29, 1.82) is 5.26 Å². The Morgan fingerprint density at radius 2 is 1.89 bits per heavy atom. The van der Waals surface area contributed by atoms with Gasteiger partial charge in [-0.2, -0.15) is 5.26 Å². The Kier molecular flexibility index (Phi) is 10.3. The van der Waals surface area contributed by atoms with Crippen molar-refractivity contribution in [2.75, 3.05) is 25.0 Å². The number of halogens is 1. The summed E-state index contributed by atoms with van der Waals surface area (Å²) in [6.45, 7) is 3.94. The van der Waals surface area contributed by atoms with Gasteiger partial charge in [0.1, 0.15) is 18.2 Å². The molecule has 0 aliphatic carbocycles. The number of rotatable bonds is 12. The van der Waals surface area contributed by atoms with Crippen LogP contribution in [0, 0.1) is 23.1 Å². The number of carbonyl (C=O) groups excluding carboxylic acids is 2. The molecule has 9 heteroatoms. The fourth-order valence-corrected chi connectivity index (χ4v) is 4.10. The van der Waals surface area contributed by atoms with Gasteiger partial charge in [0.2, 0.25) is 5.91 Å². The number of aliphatic hydroxyl groups is 1. The predicted octanol–water partition coefficient (Wildman–Crippen LogP) is 3.67. The maximum Gasteiger partial charge on any atom is 0.255 e. The van der Waals surface area contributed by atoms with E-state index < -0.39 is 18.4 Å². The van der Waals surface area contributed by atoms with Gasteiger partial charge < -0.3 is 21.1 Å². The van der Waals surface area contributed by atoms with Gasteiger partial charge >= 0.3 is 0 Å². The third kappa shape index (κ3) is 8.11. The number of aliphatic hydroxyl groups excluding tert-OH is 1. The highest BCUT2D eigenvalue weighted by atomic mass is 19.1. The van der Waals surface area contributed by atoms with Crippen molar-refractivity contribution in [3.05, 3.63) is 83.2 Å². The molecule has 0 radical (unpaired) electrons. The lowest BCUT2D eigenvalue weighted by atomic mass is 10.0. The molecule has 1 aromatic heterocycles. The molecule has 1 atom stereocenters. The lowest BCUT2D eigenvalue weighted by Crippen LogP contribution is -2.45. The minimum absolute atomic E-state index is 0.171. The molecule has 2 aromatic carbocycles. The van der Waals surface area contributed by atoms with Gasteiger partial charge in [-0.15, -0.1) is 0 Å². The molecule has 0 saturated carbocycles. The highest BCUT2D eigenvalue weighted by molar-refractivity contribution is 5.99. The van der Waals surface area contributed by atoms with E-state index in [1.807, 2.05) is 26.0 Å². The number of benzene rings is 2. The van der Waals surface area contributed by atoms with Crippen LogP contribution in [-0.4, -0.2) is 47.6 Å². The first-order valence-corrected chi connectivity index (χ1v) is 12.5. The van der Waals surface area contributed by atoms with Gasteiger partial charge in [0.15, 0.2) is 0 Å². The highest BCUT2D eigenvalue weighted by Gasteiger charge is 2.19. The fraction of sp³-hybridized carbons (Fsp3) is 0.310. The molecule has 0 bridgehead atoms. The highest BCUT2D eigenvalue weighted by Crippen LogP contribution is 2.25. The molecule has 3 rings (SSSR count). The van der Waals surface area contributed by atoms with E-state index in [0.717, 1.165) is 5.56 Å². The quantitative estimate of drug-likeness (QED) is 0.290. The number of amides is 2. The molecule has 0 fully saturated rings. The molecule has 2 amide bonds. The Morgan fingerprint density at radius 1 is 1.11 bits per heavy atom. The number of hydrogen-bond donors (Lipinski definition) is 4. The van der Waals surface area contributed by atoms with Gasteiger partial charge in [-0.25, -0.2) is 9.37 Å². The largest absolute Gasteiger partial charge is 0.387 e. The molecule has 1 heterocycles. The molecule has 0 aliphatic rings. The minimum Gasteiger partial charge on any atom is -0.387 e. The van der Waals surface area contributed by atoms with Crippen LogP contribution in [-0.2, 0) is 11.2 Å². The number of aromatic nitrogens is 1. The van der Waals surface area contributed by atoms with Gasteiger partial charge in [0.05, 0.1) is 22.9 Å². The summed E-state index contributed by atoms with van der Waals surface area (Å²) in [6.07, 6.45) is 1.12. The van der Waals surface area contributed by atoms with Crippen LogP contribution in [0.3, 0.4) is 0 Å². The lowest BCUT2D eigenvalue weighted by Gasteiger charge is -2.21. The molecule has 3 aromatic rings. The first-order valence-electron chi connectivity index (χ1n) is 12.5. The maximum absolute atomic E-state index is 13.6. The van der Waals surface area contributed by atoms with Crippen LogP contribution in [0.5, 0.6) is 0 Å². The Morgan fingerprint density at radius 3 is 2.61 bits per heavy atom. The molecule has 0 unspecified atom stereocenters. The van der Waals surface area contributed by atoms with Gasteiger partial charge in [-0.05, 0) is 54.7 Å². The summed E-state index contributed by atoms with van der Waals surface area (Å²) < 4.78 is 13.6. The van der Waals surface area contributed by atoms with Crippen LogP contribution in [0.2, 0.25) is 0 Å². The molecular formula is C29H32FN5O3. The molecule has 8 nitrogen and oxygen atoms in total. The van der Waals surface area contributed by atoms with E-state index in [4.69, 9.17) is 5.11 Å². The topological polar surface area (TPSA) is 127 Å². The Bertz CT molecular complexity index is 1310. The van der Waals surface area contributed by atoms with E-state index in [9.17, 15) is 19.2 Å². The Balaban J connectivity index is 1.83. The van der Waals surface area contributed by atoms with E-state index in [1.54, 1.807) is 36.4 Å². The molecule has 0 aliphatic heterocycles. The molecular weight excluding hydrogens is 485 g/mol. The second-order valence-electron chi connectivity index (χ2n) is 9.32. The molecule has 4 N–H and O–H groups in total. The minimum atomic E-state index is -0.628. The van der Waals surface area contributed by atoms with Crippen LogP contribution < -0.4 is 16.0 Å². The third-order valence-corrected chi connectivity index (χ3v) is 5.83. The Hall–Kier alpha value is -4.29. The van der Waals surface area contributed by atoms with Crippen LogP contribution in [0.1, 0.15) is 41.8 Å². The zero-order chi connectivity index (χ0) is 27.5. The normalized spacial score (nSPS) is 11.5. The van der Waals surface area contributed by atoms with Crippen LogP contribution in [0.15, 0.2) is 60.7 Å². The Labute approximate surface area is 221 Å². The number of pyridine rings is 1. The molecule has 0 saturated heterocycles. The second kappa shape index (κ2) is 13.9. The number of nitrogens with zero attached hydrogens (tertiary/aromatic N) is 2. The standard InChI is InChI=1S/C29H32FN5O3/c1-19(2)14-23(34-27(37)18-36)17-33-29(38)25-10-11-26(24-9-4-3-7-21(24)16-31)35-28(25)32-13-12-20-6-5-8-22(30)15-20/h3-11,15,19,23,36H,12-14,17-18H2,1-2H3,(H,32,35)(H,33,38)(H,34,37)/t23-/m1/s1. The average molecular weight is 518 g/mol. The van der Waals surface area contributed by atoms with Crippen molar-refractivity contribution in [3.63, 3.8) is 0 Å². The van der Waals surface area contributed by atoms with Crippen molar-refractivity contribution in [2.45, 2.75) is 32.7 Å². The van der Waals surface area contributed by atoms with E-state index in [1.165, 1.54) is 12.1 Å². The van der Waals surface area contributed by atoms with Gasteiger partial charge in [0.25, 0.3) is 5.91 Å². The van der Waals surface area contributed by atoms with Crippen molar-refractivity contribution in [2.24, 2.45) is 5.92 Å². The summed E-state index contributed by atoms with van der Waals surface area (Å²) in [5, 5.41) is 27.4. The van der Waals surface area contributed by atoms with Crippen molar-refractivity contribution in [3.8, 4) is 17.3 Å². The first kappa shape index (κ1) is 28.3. The van der Waals surface area contributed by atoms with Crippen molar-refractivity contribution >= 4 is 17.6 Å². The van der Waals surface area contributed by atoms with Crippen molar-refractivity contribution < 1.29 is 19.1 Å². The number of nitriles is 1. The second-order valence-corrected chi connectivity index (χ2v) is 9.32. The summed E-state index contributed by atoms with van der Waals surface area (Å²) in [7, 11) is 0. The van der Waals surface area contributed by atoms with Gasteiger partial charge in [0, 0.05) is 24.7 Å². The summed E-state index contributed by atoms with van der Waals surface area (Å²) in [5.41, 5.74) is 2.71. The summed E-state index contributed by atoms with van der Waals surface area (Å²) >= 11 is 0. The van der Waals surface area contributed by atoms with E-state index in [2.05, 4.69) is 27.0 Å². The van der Waals surface area contributed by atoms with E-state index in [-0.39, 0.29) is 24.3 Å². The fourth-order valence-electron chi connectivity index (χ4n) is 4.10. The SMILES string of the molecule is CC(C)C[C@H](CNC(=O)c1ccc(-c2ccccc2C#N)nc1NCCc1cccc(F)c1)NC(=O)CO. The van der Waals surface area contributed by atoms with Crippen molar-refractivity contribution in [1.82, 2.24) is 15.6 Å². The number of anilines is 1. The number of carbonyl (C=O) groups is 2. The molecule has 38 heavy (non-hydrogen) atoms. The molecule has 0 spiro atoms. The zero-order valence-corrected chi connectivity index (χ0v) is 21.5. The number of nitrogens with one attached hydrogen (secondary N) is 3. The van der Waals surface area contributed by atoms with Crippen LogP contribution in [0.4, 0.5) is 10.2 Å². The van der Waals surface area contributed by atoms with Gasteiger partial charge in [-0.1, -0.05) is 44.2 Å². The number of hydrogen-bond acceptors (Lipinski definition) is 6. The first-order chi connectivity index (χ1) is 18.3. The van der Waals surface area contributed by atoms with Crippen LogP contribution >= 0.6 is 0 Å². The van der Waals surface area contributed by atoms with E-state index in [0.29, 0.717) is 47.6 Å².